The predicted molar refractivity (Wildman–Crippen MR) is 48.3 cm³/mol. The molecule has 0 amide bonds. The van der Waals surface area contributed by atoms with Crippen molar-refractivity contribution in [3.8, 4) is 0 Å². The van der Waals surface area contributed by atoms with Gasteiger partial charge in [0.1, 0.15) is 0 Å². The molecule has 0 radical (unpaired) electrons. The van der Waals surface area contributed by atoms with E-state index in [0.29, 0.717) is 12.1 Å². The summed E-state index contributed by atoms with van der Waals surface area (Å²) in [7, 11) is 0. The lowest BCUT2D eigenvalue weighted by molar-refractivity contribution is -0.139. The Morgan fingerprint density at radius 1 is 1.31 bits per heavy atom. The molecule has 1 aliphatic carbocycles. The van der Waals surface area contributed by atoms with Crippen molar-refractivity contribution in [1.82, 2.24) is 10.6 Å². The Balaban J connectivity index is 1.98. The average molecular weight is 184 g/mol. The van der Waals surface area contributed by atoms with E-state index in [1.165, 1.54) is 6.42 Å². The zero-order chi connectivity index (χ0) is 9.42. The van der Waals surface area contributed by atoms with E-state index in [0.717, 1.165) is 18.8 Å². The molecule has 2 fully saturated rings. The van der Waals surface area contributed by atoms with Gasteiger partial charge in [-0.15, -0.1) is 0 Å². The number of hydrogen-bond donors (Lipinski definition) is 3. The summed E-state index contributed by atoms with van der Waals surface area (Å²) in [5.41, 5.74) is 0. The molecule has 0 aromatic carbocycles. The number of rotatable bonds is 1. The van der Waals surface area contributed by atoms with E-state index >= 15 is 0 Å². The summed E-state index contributed by atoms with van der Waals surface area (Å²) in [6.45, 7) is 2.23. The van der Waals surface area contributed by atoms with Crippen LogP contribution in [-0.2, 0) is 4.79 Å². The molecule has 0 aromatic heterocycles. The van der Waals surface area contributed by atoms with Crippen molar-refractivity contribution >= 4 is 5.97 Å². The fourth-order valence-corrected chi connectivity index (χ4v) is 2.38. The SMILES string of the molecule is CC1CCC2NC(C(=O)O)NC2C1. The molecule has 4 heteroatoms. The van der Waals surface area contributed by atoms with Crippen molar-refractivity contribution < 1.29 is 9.90 Å². The lowest BCUT2D eigenvalue weighted by Crippen LogP contribution is -2.40. The first-order valence-electron chi connectivity index (χ1n) is 4.91. The highest BCUT2D eigenvalue weighted by Crippen LogP contribution is 2.27. The minimum Gasteiger partial charge on any atom is -0.479 e. The van der Waals surface area contributed by atoms with Crippen molar-refractivity contribution in [1.29, 1.82) is 0 Å². The van der Waals surface area contributed by atoms with E-state index in [9.17, 15) is 4.79 Å². The molecule has 0 spiro atoms. The third-order valence-corrected chi connectivity index (χ3v) is 3.12. The van der Waals surface area contributed by atoms with E-state index in [4.69, 9.17) is 5.11 Å². The standard InChI is InChI=1S/C9H16N2O2/c1-5-2-3-6-7(4-5)11-8(10-6)9(12)13/h5-8,10-11H,2-4H2,1H3,(H,12,13). The van der Waals surface area contributed by atoms with Gasteiger partial charge in [0.25, 0.3) is 0 Å². The average Bonchev–Trinajstić information content (AvgIpc) is 2.46. The third-order valence-electron chi connectivity index (χ3n) is 3.12. The summed E-state index contributed by atoms with van der Waals surface area (Å²) in [5.74, 6) is -0.0647. The quantitative estimate of drug-likeness (QED) is 0.543. The number of carbonyl (C=O) groups is 1. The van der Waals surface area contributed by atoms with Crippen molar-refractivity contribution in [2.75, 3.05) is 0 Å². The predicted octanol–water partition coefficient (Wildman–Crippen LogP) is 0.147. The van der Waals surface area contributed by atoms with Crippen molar-refractivity contribution in [2.45, 2.75) is 44.4 Å². The smallest absolute Gasteiger partial charge is 0.335 e. The second kappa shape index (κ2) is 3.27. The Kier molecular flexibility index (Phi) is 2.26. The number of aliphatic carboxylic acids is 1. The van der Waals surface area contributed by atoms with Crippen LogP contribution in [0, 0.1) is 5.92 Å². The Morgan fingerprint density at radius 3 is 2.69 bits per heavy atom. The van der Waals surface area contributed by atoms with E-state index in [1.54, 1.807) is 0 Å². The maximum Gasteiger partial charge on any atom is 0.335 e. The summed E-state index contributed by atoms with van der Waals surface area (Å²) in [6.07, 6.45) is 2.88. The molecule has 1 saturated carbocycles. The van der Waals surface area contributed by atoms with Gasteiger partial charge in [0.15, 0.2) is 6.17 Å². The first kappa shape index (κ1) is 8.97. The number of carboxylic acids is 1. The van der Waals surface area contributed by atoms with Crippen LogP contribution in [0.15, 0.2) is 0 Å². The van der Waals surface area contributed by atoms with Gasteiger partial charge < -0.3 is 5.11 Å². The zero-order valence-corrected chi connectivity index (χ0v) is 7.79. The third kappa shape index (κ3) is 1.69. The molecule has 2 rings (SSSR count). The van der Waals surface area contributed by atoms with Crippen LogP contribution < -0.4 is 10.6 Å². The molecule has 1 saturated heterocycles. The molecular formula is C9H16N2O2. The highest BCUT2D eigenvalue weighted by Gasteiger charge is 2.39. The van der Waals surface area contributed by atoms with Crippen molar-refractivity contribution in [2.24, 2.45) is 5.92 Å². The van der Waals surface area contributed by atoms with Crippen LogP contribution in [-0.4, -0.2) is 29.3 Å². The highest BCUT2D eigenvalue weighted by molar-refractivity contribution is 5.73. The summed E-state index contributed by atoms with van der Waals surface area (Å²) >= 11 is 0. The van der Waals surface area contributed by atoms with Gasteiger partial charge in [0.05, 0.1) is 0 Å². The lowest BCUT2D eigenvalue weighted by Gasteiger charge is -2.28. The topological polar surface area (TPSA) is 61.4 Å². The van der Waals surface area contributed by atoms with Crippen molar-refractivity contribution in [3.63, 3.8) is 0 Å². The van der Waals surface area contributed by atoms with Crippen LogP contribution in [0.5, 0.6) is 0 Å². The van der Waals surface area contributed by atoms with Gasteiger partial charge in [-0.25, -0.2) is 4.79 Å². The number of hydrogen-bond acceptors (Lipinski definition) is 3. The maximum atomic E-state index is 10.7. The van der Waals surface area contributed by atoms with Gasteiger partial charge in [0, 0.05) is 12.1 Å². The summed E-state index contributed by atoms with van der Waals surface area (Å²) in [6, 6.07) is 0.738. The van der Waals surface area contributed by atoms with Crippen LogP contribution in [0.2, 0.25) is 0 Å². The second-order valence-electron chi connectivity index (χ2n) is 4.24. The Hall–Kier alpha value is -0.610. The lowest BCUT2D eigenvalue weighted by atomic mass is 9.84. The Bertz CT molecular complexity index is 220. The van der Waals surface area contributed by atoms with Gasteiger partial charge in [0.2, 0.25) is 0 Å². The van der Waals surface area contributed by atoms with E-state index in [1.807, 2.05) is 0 Å². The van der Waals surface area contributed by atoms with Crippen LogP contribution in [0.3, 0.4) is 0 Å². The molecule has 1 heterocycles. The molecule has 4 nitrogen and oxygen atoms in total. The molecule has 2 aliphatic rings. The van der Waals surface area contributed by atoms with Crippen LogP contribution in [0.25, 0.3) is 0 Å². The fraction of sp³-hybridized carbons (Fsp3) is 0.889. The minimum atomic E-state index is -0.790. The van der Waals surface area contributed by atoms with Crippen molar-refractivity contribution in [3.05, 3.63) is 0 Å². The molecule has 74 valence electrons. The molecule has 4 unspecified atom stereocenters. The summed E-state index contributed by atoms with van der Waals surface area (Å²) in [5, 5.41) is 15.0. The molecule has 1 aliphatic heterocycles. The van der Waals surface area contributed by atoms with E-state index in [2.05, 4.69) is 17.6 Å². The first-order valence-corrected chi connectivity index (χ1v) is 4.91. The molecule has 4 atom stereocenters. The number of nitrogens with one attached hydrogen (secondary N) is 2. The minimum absolute atomic E-state index is 0.366. The fourth-order valence-electron chi connectivity index (χ4n) is 2.38. The number of fused-ring (bicyclic) bond motifs is 1. The van der Waals surface area contributed by atoms with E-state index in [-0.39, 0.29) is 0 Å². The zero-order valence-electron chi connectivity index (χ0n) is 7.79. The van der Waals surface area contributed by atoms with Gasteiger partial charge in [-0.2, -0.15) is 0 Å². The van der Waals surface area contributed by atoms with E-state index < -0.39 is 12.1 Å². The Labute approximate surface area is 77.7 Å². The van der Waals surface area contributed by atoms with Gasteiger partial charge in [-0.3, -0.25) is 10.6 Å². The maximum absolute atomic E-state index is 10.7. The summed E-state index contributed by atoms with van der Waals surface area (Å²) in [4.78, 5) is 10.7. The monoisotopic (exact) mass is 184 g/mol. The van der Waals surface area contributed by atoms with Gasteiger partial charge in [-0.1, -0.05) is 6.92 Å². The largest absolute Gasteiger partial charge is 0.479 e. The van der Waals surface area contributed by atoms with Crippen LogP contribution in [0.4, 0.5) is 0 Å². The normalized spacial score (nSPS) is 44.4. The van der Waals surface area contributed by atoms with Gasteiger partial charge >= 0.3 is 5.97 Å². The van der Waals surface area contributed by atoms with Gasteiger partial charge in [-0.05, 0) is 25.2 Å². The number of carboxylic acid groups (broad SMARTS) is 1. The summed E-state index contributed by atoms with van der Waals surface area (Å²) < 4.78 is 0. The molecule has 3 N–H and O–H groups in total. The van der Waals surface area contributed by atoms with Crippen LogP contribution >= 0.6 is 0 Å². The second-order valence-corrected chi connectivity index (χ2v) is 4.24. The Morgan fingerprint density at radius 2 is 2.00 bits per heavy atom. The first-order chi connectivity index (χ1) is 6.16. The highest BCUT2D eigenvalue weighted by atomic mass is 16.4. The molecule has 0 bridgehead atoms. The molecule has 13 heavy (non-hydrogen) atoms. The molecule has 0 aromatic rings. The van der Waals surface area contributed by atoms with Crippen LogP contribution in [0.1, 0.15) is 26.2 Å². The molecular weight excluding hydrogens is 168 g/mol.